The Morgan fingerprint density at radius 2 is 1.40 bits per heavy atom. The van der Waals surface area contributed by atoms with E-state index in [-0.39, 0.29) is 42.1 Å². The summed E-state index contributed by atoms with van der Waals surface area (Å²) >= 11 is 0. The van der Waals surface area contributed by atoms with E-state index in [1.165, 1.54) is 12.1 Å². The molecule has 0 bridgehead atoms. The summed E-state index contributed by atoms with van der Waals surface area (Å²) in [5.41, 5.74) is 2.01. The number of hydrogen-bond donors (Lipinski definition) is 2. The van der Waals surface area contributed by atoms with Gasteiger partial charge in [-0.25, -0.2) is 4.39 Å². The Morgan fingerprint density at radius 1 is 0.867 bits per heavy atom. The molecule has 3 aromatic rings. The van der Waals surface area contributed by atoms with E-state index in [1.54, 1.807) is 12.1 Å². The van der Waals surface area contributed by atoms with Crippen LogP contribution in [0.1, 0.15) is 49.0 Å². The topological polar surface area (TPSA) is 32.3 Å². The predicted molar refractivity (Wildman–Crippen MR) is 115 cm³/mol. The molecule has 2 nitrogen and oxygen atoms in total. The molecule has 1 aliphatic rings. The molecule has 1 heterocycles. The first-order valence-corrected chi connectivity index (χ1v) is 10.3. The van der Waals surface area contributed by atoms with Gasteiger partial charge in [0.2, 0.25) is 0 Å². The van der Waals surface area contributed by atoms with Gasteiger partial charge in [-0.15, -0.1) is 0 Å². The van der Waals surface area contributed by atoms with Crippen LogP contribution in [0.25, 0.3) is 0 Å². The fourth-order valence-electron chi connectivity index (χ4n) is 4.95. The molecule has 1 fully saturated rings. The molecular weight excluding hydrogens is 397 g/mol. The molecule has 30 heavy (non-hydrogen) atoms. The van der Waals surface area contributed by atoms with Crippen LogP contribution < -0.4 is 17.7 Å². The van der Waals surface area contributed by atoms with Gasteiger partial charge < -0.3 is 22.8 Å². The summed E-state index contributed by atoms with van der Waals surface area (Å²) < 4.78 is 13.6. The summed E-state index contributed by atoms with van der Waals surface area (Å²) in [6, 6.07) is 26.9. The fourth-order valence-corrected chi connectivity index (χ4v) is 4.95. The van der Waals surface area contributed by atoms with Crippen LogP contribution >= 0.6 is 0 Å². The van der Waals surface area contributed by atoms with E-state index in [2.05, 4.69) is 43.4 Å². The van der Waals surface area contributed by atoms with E-state index in [9.17, 15) is 9.50 Å². The summed E-state index contributed by atoms with van der Waals surface area (Å²) in [7, 11) is 0. The molecular formula is C26H28ClFNO-. The highest BCUT2D eigenvalue weighted by atomic mass is 35.5. The molecule has 2 N–H and O–H groups in total. The molecule has 0 aromatic heterocycles. The second-order valence-electron chi connectivity index (χ2n) is 8.42. The normalized spacial score (nSPS) is 26.2. The number of hydrogen-bond acceptors (Lipinski definition) is 2. The van der Waals surface area contributed by atoms with E-state index < -0.39 is 5.60 Å². The molecule has 1 saturated heterocycles. The number of halogens is 2. The van der Waals surface area contributed by atoms with Crippen molar-refractivity contribution in [3.05, 3.63) is 107 Å². The highest BCUT2D eigenvalue weighted by Gasteiger charge is 2.50. The lowest BCUT2D eigenvalue weighted by Gasteiger charge is -2.51. The van der Waals surface area contributed by atoms with Crippen LogP contribution in [0.15, 0.2) is 84.9 Å². The van der Waals surface area contributed by atoms with Gasteiger partial charge in [-0.05, 0) is 34.7 Å². The minimum Gasteiger partial charge on any atom is -1.00 e. The van der Waals surface area contributed by atoms with Gasteiger partial charge in [-0.2, -0.15) is 0 Å². The highest BCUT2D eigenvalue weighted by molar-refractivity contribution is 5.32. The van der Waals surface area contributed by atoms with Crippen LogP contribution in [-0.2, 0) is 5.60 Å². The summed E-state index contributed by atoms with van der Waals surface area (Å²) in [6.45, 7) is 4.30. The first-order chi connectivity index (χ1) is 14.0. The van der Waals surface area contributed by atoms with E-state index in [0.717, 1.165) is 16.7 Å². The van der Waals surface area contributed by atoms with E-state index in [4.69, 9.17) is 0 Å². The zero-order chi connectivity index (χ0) is 20.4. The maximum Gasteiger partial charge on any atom is 0.123 e. The predicted octanol–water partition coefficient (Wildman–Crippen LogP) is 2.77. The van der Waals surface area contributed by atoms with Gasteiger partial charge in [0.05, 0.1) is 5.60 Å². The van der Waals surface area contributed by atoms with Crippen molar-refractivity contribution in [3.63, 3.8) is 0 Å². The second kappa shape index (κ2) is 9.30. The molecule has 4 atom stereocenters. The maximum atomic E-state index is 13.6. The third kappa shape index (κ3) is 4.29. The SMILES string of the molecule is CC(C)C1C(c2ccccc2)NC(c2ccccc2)CC1(O)c1ccc(F)cc1.[Cl-]. The second-order valence-corrected chi connectivity index (χ2v) is 8.42. The average molecular weight is 425 g/mol. The van der Waals surface area contributed by atoms with Crippen molar-refractivity contribution in [2.24, 2.45) is 11.8 Å². The largest absolute Gasteiger partial charge is 1.00 e. The summed E-state index contributed by atoms with van der Waals surface area (Å²) in [5, 5.41) is 16.0. The Kier molecular flexibility index (Phi) is 6.97. The fraction of sp³-hybridized carbons (Fsp3) is 0.308. The lowest BCUT2D eigenvalue weighted by Crippen LogP contribution is -3.00. The van der Waals surface area contributed by atoms with Gasteiger partial charge in [0.25, 0.3) is 0 Å². The third-order valence-electron chi connectivity index (χ3n) is 6.23. The molecule has 1 aliphatic heterocycles. The maximum absolute atomic E-state index is 13.6. The van der Waals surface area contributed by atoms with Crippen LogP contribution in [0.5, 0.6) is 0 Å². The molecule has 3 aromatic carbocycles. The monoisotopic (exact) mass is 424 g/mol. The zero-order valence-electron chi connectivity index (χ0n) is 17.3. The molecule has 4 unspecified atom stereocenters. The Bertz CT molecular complexity index is 932. The van der Waals surface area contributed by atoms with Gasteiger partial charge >= 0.3 is 0 Å². The van der Waals surface area contributed by atoms with Crippen LogP contribution in [0.2, 0.25) is 0 Å². The molecule has 4 rings (SSSR count). The smallest absolute Gasteiger partial charge is 0.123 e. The molecule has 4 heteroatoms. The number of aliphatic hydroxyl groups is 1. The summed E-state index contributed by atoms with van der Waals surface area (Å²) in [6.07, 6.45) is 0.537. The average Bonchev–Trinajstić information content (AvgIpc) is 2.74. The Hall–Kier alpha value is -2.20. The standard InChI is InChI=1S/C26H28FNO.ClH/c1-18(2)24-25(20-11-7-4-8-12-20)28-23(19-9-5-3-6-10-19)17-26(24,29)21-13-15-22(27)16-14-21;/h3-16,18,23-25,28-29H,17H2,1-2H3;1H/p-1. The van der Waals surface area contributed by atoms with Crippen LogP contribution in [0.4, 0.5) is 4.39 Å². The summed E-state index contributed by atoms with van der Waals surface area (Å²) in [5.74, 6) is -0.124. The molecule has 0 radical (unpaired) electrons. The van der Waals surface area contributed by atoms with Crippen LogP contribution in [0, 0.1) is 17.7 Å². The number of piperidine rings is 1. The molecule has 0 saturated carbocycles. The van der Waals surface area contributed by atoms with Gasteiger partial charge in [0, 0.05) is 24.4 Å². The Labute approximate surface area is 184 Å². The van der Waals surface area contributed by atoms with Gasteiger partial charge in [-0.1, -0.05) is 86.6 Å². The molecule has 0 amide bonds. The first kappa shape index (κ1) is 22.5. The van der Waals surface area contributed by atoms with Gasteiger partial charge in [0.1, 0.15) is 5.82 Å². The quantitative estimate of drug-likeness (QED) is 0.675. The van der Waals surface area contributed by atoms with Crippen LogP contribution in [0.3, 0.4) is 0 Å². The molecule has 0 spiro atoms. The van der Waals surface area contributed by atoms with Gasteiger partial charge in [0.15, 0.2) is 0 Å². The van der Waals surface area contributed by atoms with E-state index in [0.29, 0.717) is 6.42 Å². The van der Waals surface area contributed by atoms with Crippen molar-refractivity contribution in [2.45, 2.75) is 38.0 Å². The lowest BCUT2D eigenvalue weighted by atomic mass is 9.64. The minimum atomic E-state index is -1.08. The minimum absolute atomic E-state index is 0. The Morgan fingerprint density at radius 3 is 1.93 bits per heavy atom. The van der Waals surface area contributed by atoms with Crippen molar-refractivity contribution in [1.29, 1.82) is 0 Å². The number of benzene rings is 3. The highest BCUT2D eigenvalue weighted by Crippen LogP contribution is 2.51. The molecule has 158 valence electrons. The van der Waals surface area contributed by atoms with Crippen molar-refractivity contribution in [2.75, 3.05) is 0 Å². The first-order valence-electron chi connectivity index (χ1n) is 10.3. The number of rotatable bonds is 4. The van der Waals surface area contributed by atoms with Crippen molar-refractivity contribution in [3.8, 4) is 0 Å². The third-order valence-corrected chi connectivity index (χ3v) is 6.23. The Balaban J connectivity index is 0.00000256. The van der Waals surface area contributed by atoms with Crippen molar-refractivity contribution < 1.29 is 21.9 Å². The van der Waals surface area contributed by atoms with Crippen LogP contribution in [-0.4, -0.2) is 5.11 Å². The lowest BCUT2D eigenvalue weighted by molar-refractivity contribution is -0.0992. The number of nitrogens with one attached hydrogen (secondary N) is 1. The van der Waals surface area contributed by atoms with Crippen molar-refractivity contribution in [1.82, 2.24) is 5.32 Å². The molecule has 0 aliphatic carbocycles. The van der Waals surface area contributed by atoms with E-state index in [1.807, 2.05) is 36.4 Å². The van der Waals surface area contributed by atoms with Gasteiger partial charge in [-0.3, -0.25) is 0 Å². The summed E-state index contributed by atoms with van der Waals surface area (Å²) in [4.78, 5) is 0. The zero-order valence-corrected chi connectivity index (χ0v) is 18.1. The van der Waals surface area contributed by atoms with Crippen molar-refractivity contribution >= 4 is 0 Å². The van der Waals surface area contributed by atoms with E-state index >= 15 is 0 Å².